The molecule has 2 aliphatic rings. The minimum absolute atomic E-state index is 0.170. The van der Waals surface area contributed by atoms with Crippen LogP contribution in [-0.2, 0) is 0 Å². The number of anilines is 2. The fourth-order valence-electron chi connectivity index (χ4n) is 4.27. The summed E-state index contributed by atoms with van der Waals surface area (Å²) in [7, 11) is 0. The summed E-state index contributed by atoms with van der Waals surface area (Å²) in [5, 5.41) is 25.0. The summed E-state index contributed by atoms with van der Waals surface area (Å²) in [4.78, 5) is 16.3. The van der Waals surface area contributed by atoms with Gasteiger partial charge in [0.2, 0.25) is 0 Å². The molecule has 3 N–H and O–H groups in total. The third kappa shape index (κ3) is 4.93. The second-order valence-corrected chi connectivity index (χ2v) is 8.61. The van der Waals surface area contributed by atoms with E-state index in [-0.39, 0.29) is 6.03 Å². The van der Waals surface area contributed by atoms with Crippen LogP contribution in [-0.4, -0.2) is 46.7 Å². The van der Waals surface area contributed by atoms with E-state index in [0.717, 1.165) is 62.5 Å². The van der Waals surface area contributed by atoms with Crippen molar-refractivity contribution in [2.45, 2.75) is 77.7 Å². The normalized spacial score (nSPS) is 21.0. The Kier molecular flexibility index (Phi) is 8.03. The van der Waals surface area contributed by atoms with Crippen molar-refractivity contribution in [1.29, 1.82) is 0 Å². The average Bonchev–Trinajstić information content (AvgIpc) is 3.00. The maximum atomic E-state index is 12.9. The third-order valence-electron chi connectivity index (χ3n) is 6.05. The Morgan fingerprint density at radius 3 is 2.20 bits per heavy atom. The van der Waals surface area contributed by atoms with Crippen molar-refractivity contribution < 1.29 is 15.0 Å². The molecule has 0 bridgehead atoms. The van der Waals surface area contributed by atoms with Crippen molar-refractivity contribution in [2.75, 3.05) is 23.3 Å². The monoisotopic (exact) mass is 435 g/mol. The number of rotatable bonds is 8. The van der Waals surface area contributed by atoms with Crippen LogP contribution >= 0.6 is 11.6 Å². The molecule has 7 heteroatoms. The maximum Gasteiger partial charge on any atom is 0.321 e. The molecule has 0 radical (unpaired) electrons. The van der Waals surface area contributed by atoms with Gasteiger partial charge in [0.25, 0.3) is 0 Å². The molecule has 0 saturated heterocycles. The first-order valence-corrected chi connectivity index (χ1v) is 11.6. The molecule has 2 atom stereocenters. The summed E-state index contributed by atoms with van der Waals surface area (Å²) in [6, 6.07) is 5.04. The van der Waals surface area contributed by atoms with Gasteiger partial charge in [0.15, 0.2) is 12.5 Å². The lowest BCUT2D eigenvalue weighted by Crippen LogP contribution is -2.39. The number of hydrogen-bond donors (Lipinski definition) is 3. The molecule has 0 spiro atoms. The summed E-state index contributed by atoms with van der Waals surface area (Å²) in [6.07, 6.45) is 5.95. The number of unbranched alkanes of at least 4 members (excludes halogenated alkanes) is 2. The molecule has 1 aliphatic carbocycles. The van der Waals surface area contributed by atoms with Gasteiger partial charge in [0, 0.05) is 18.8 Å². The van der Waals surface area contributed by atoms with Crippen LogP contribution in [0, 0.1) is 0 Å². The summed E-state index contributed by atoms with van der Waals surface area (Å²) >= 11 is 6.37. The zero-order valence-corrected chi connectivity index (χ0v) is 18.8. The van der Waals surface area contributed by atoms with Gasteiger partial charge in [-0.2, -0.15) is 0 Å². The molecule has 0 fully saturated rings. The number of benzene rings is 1. The zero-order valence-electron chi connectivity index (χ0n) is 18.0. The van der Waals surface area contributed by atoms with Gasteiger partial charge in [-0.05, 0) is 67.9 Å². The van der Waals surface area contributed by atoms with Crippen LogP contribution in [0.3, 0.4) is 0 Å². The Hall–Kier alpha value is -1.76. The highest BCUT2D eigenvalue weighted by Crippen LogP contribution is 2.41. The van der Waals surface area contributed by atoms with E-state index in [2.05, 4.69) is 19.2 Å². The largest absolute Gasteiger partial charge is 0.369 e. The highest BCUT2D eigenvalue weighted by molar-refractivity contribution is 6.33. The van der Waals surface area contributed by atoms with E-state index in [9.17, 15) is 15.0 Å². The smallest absolute Gasteiger partial charge is 0.321 e. The lowest BCUT2D eigenvalue weighted by atomic mass is 9.93. The molecule has 1 heterocycles. The molecular formula is C23H34ClN3O3. The minimum atomic E-state index is -0.842. The average molecular weight is 436 g/mol. The number of nitrogens with one attached hydrogen (secondary N) is 1. The zero-order chi connectivity index (χ0) is 21.7. The van der Waals surface area contributed by atoms with E-state index in [1.807, 2.05) is 4.90 Å². The first-order valence-electron chi connectivity index (χ1n) is 11.2. The molecule has 1 aromatic rings. The van der Waals surface area contributed by atoms with Crippen LogP contribution in [0.4, 0.5) is 16.2 Å². The Balaban J connectivity index is 1.77. The number of aliphatic hydroxyl groups is 2. The van der Waals surface area contributed by atoms with Gasteiger partial charge in [-0.25, -0.2) is 4.79 Å². The Morgan fingerprint density at radius 2 is 1.67 bits per heavy atom. The van der Waals surface area contributed by atoms with Crippen molar-refractivity contribution in [2.24, 2.45) is 0 Å². The van der Waals surface area contributed by atoms with Crippen LogP contribution in [0.25, 0.3) is 0 Å². The second-order valence-electron chi connectivity index (χ2n) is 8.20. The first-order chi connectivity index (χ1) is 14.5. The first kappa shape index (κ1) is 22.9. The summed E-state index contributed by atoms with van der Waals surface area (Å²) in [5.41, 5.74) is 2.98. The van der Waals surface area contributed by atoms with Crippen LogP contribution in [0.2, 0.25) is 5.02 Å². The Bertz CT molecular complexity index is 753. The highest BCUT2D eigenvalue weighted by atomic mass is 35.5. The van der Waals surface area contributed by atoms with Crippen LogP contribution < -0.4 is 10.2 Å². The quantitative estimate of drug-likeness (QED) is 0.496. The molecule has 166 valence electrons. The molecule has 2 unspecified atom stereocenters. The van der Waals surface area contributed by atoms with Gasteiger partial charge in [0.05, 0.1) is 10.7 Å². The van der Waals surface area contributed by atoms with Crippen LogP contribution in [0.1, 0.15) is 65.2 Å². The van der Waals surface area contributed by atoms with E-state index in [1.165, 1.54) is 0 Å². The van der Waals surface area contributed by atoms with Gasteiger partial charge in [-0.3, -0.25) is 0 Å². The van der Waals surface area contributed by atoms with Crippen molar-refractivity contribution in [3.8, 4) is 0 Å². The number of nitrogens with zero attached hydrogens (tertiary/aromatic N) is 2. The van der Waals surface area contributed by atoms with Crippen molar-refractivity contribution >= 4 is 29.0 Å². The van der Waals surface area contributed by atoms with E-state index >= 15 is 0 Å². The number of aliphatic hydroxyl groups excluding tert-OH is 2. The number of amides is 2. The van der Waals surface area contributed by atoms with Gasteiger partial charge in [-0.1, -0.05) is 38.3 Å². The maximum absolute atomic E-state index is 12.9. The molecule has 30 heavy (non-hydrogen) atoms. The molecule has 0 saturated carbocycles. The lowest BCUT2D eigenvalue weighted by molar-refractivity contribution is 0.145. The van der Waals surface area contributed by atoms with Gasteiger partial charge in [-0.15, -0.1) is 0 Å². The predicted octanol–water partition coefficient (Wildman–Crippen LogP) is 5.10. The molecule has 0 aromatic heterocycles. The molecule has 3 rings (SSSR count). The van der Waals surface area contributed by atoms with E-state index < -0.39 is 12.5 Å². The Labute approximate surface area is 184 Å². The fraction of sp³-hybridized carbons (Fsp3) is 0.609. The standard InChI is InChI=1S/C23H34ClN3O3/c1-3-5-13-26(14-6-4-2)23(30)25-20-15-16(11-12-19(20)24)27-21(28)17-9-7-8-10-18(17)22(27)29/h11-12,15,21-22,28-29H,3-10,13-14H2,1-2H3,(H,25,30). The van der Waals surface area contributed by atoms with Crippen molar-refractivity contribution in [3.05, 3.63) is 34.4 Å². The molecule has 1 aliphatic heterocycles. The second kappa shape index (κ2) is 10.5. The van der Waals surface area contributed by atoms with Gasteiger partial charge in [0.1, 0.15) is 0 Å². The van der Waals surface area contributed by atoms with Crippen molar-refractivity contribution in [3.63, 3.8) is 0 Å². The molecule has 1 aromatic carbocycles. The topological polar surface area (TPSA) is 76.0 Å². The number of carbonyl (C=O) groups is 1. The summed E-state index contributed by atoms with van der Waals surface area (Å²) in [5.74, 6) is 0. The van der Waals surface area contributed by atoms with E-state index in [0.29, 0.717) is 29.5 Å². The van der Waals surface area contributed by atoms with Gasteiger partial charge < -0.3 is 25.3 Å². The molecule has 6 nitrogen and oxygen atoms in total. The van der Waals surface area contributed by atoms with Crippen molar-refractivity contribution in [1.82, 2.24) is 4.90 Å². The number of halogens is 1. The molecule has 2 amide bonds. The number of urea groups is 1. The Morgan fingerprint density at radius 1 is 1.10 bits per heavy atom. The number of hydrogen-bond acceptors (Lipinski definition) is 4. The SMILES string of the molecule is CCCCN(CCCC)C(=O)Nc1cc(N2C(O)C3=C(CCCC3)C2O)ccc1Cl. The third-order valence-corrected chi connectivity index (χ3v) is 6.37. The van der Waals surface area contributed by atoms with Crippen LogP contribution in [0.15, 0.2) is 29.3 Å². The minimum Gasteiger partial charge on any atom is -0.369 e. The highest BCUT2D eigenvalue weighted by Gasteiger charge is 2.39. The van der Waals surface area contributed by atoms with Gasteiger partial charge >= 0.3 is 6.03 Å². The van der Waals surface area contributed by atoms with E-state index in [1.54, 1.807) is 23.1 Å². The fourth-order valence-corrected chi connectivity index (χ4v) is 4.44. The summed E-state index contributed by atoms with van der Waals surface area (Å²) in [6.45, 7) is 5.63. The lowest BCUT2D eigenvalue weighted by Gasteiger charge is -2.29. The summed E-state index contributed by atoms with van der Waals surface area (Å²) < 4.78 is 0. The van der Waals surface area contributed by atoms with Crippen LogP contribution in [0.5, 0.6) is 0 Å². The predicted molar refractivity (Wildman–Crippen MR) is 122 cm³/mol. The van der Waals surface area contributed by atoms with E-state index in [4.69, 9.17) is 11.6 Å². The molecular weight excluding hydrogens is 402 g/mol. The number of carbonyl (C=O) groups excluding carboxylic acids is 1.